The molecule has 6 heteroatoms. The van der Waals surface area contributed by atoms with Gasteiger partial charge in [-0.1, -0.05) is 53.2 Å². The molecule has 0 saturated carbocycles. The average molecular weight is 395 g/mol. The van der Waals surface area contributed by atoms with Crippen LogP contribution in [0, 0.1) is 11.3 Å². The Morgan fingerprint density at radius 2 is 1.88 bits per heavy atom. The Kier molecular flexibility index (Phi) is 5.49. The number of carboxylic acid groups (broad SMARTS) is 2. The van der Waals surface area contributed by atoms with Gasteiger partial charge in [-0.2, -0.15) is 0 Å². The van der Waals surface area contributed by atoms with E-state index in [1.54, 1.807) is 6.92 Å². The fourth-order valence-electron chi connectivity index (χ4n) is 2.94. The molecule has 5 nitrogen and oxygen atoms in total. The monoisotopic (exact) mass is 394 g/mol. The highest BCUT2D eigenvalue weighted by Crippen LogP contribution is 2.49. The molecule has 128 valence electrons. The molecule has 0 aromatic heterocycles. The SMILES string of the molecule is CCC1C(C(=O)O)=C(OCc2ccccc2)C=C(Br)C1(C)C(=O)O. The highest BCUT2D eigenvalue weighted by atomic mass is 79.9. The fraction of sp³-hybridized carbons (Fsp3) is 0.333. The van der Waals surface area contributed by atoms with Crippen LogP contribution in [0.3, 0.4) is 0 Å². The lowest BCUT2D eigenvalue weighted by atomic mass is 9.68. The van der Waals surface area contributed by atoms with Crippen LogP contribution in [0.2, 0.25) is 0 Å². The molecular weight excluding hydrogens is 376 g/mol. The Morgan fingerprint density at radius 1 is 1.25 bits per heavy atom. The van der Waals surface area contributed by atoms with Crippen LogP contribution in [0.25, 0.3) is 0 Å². The summed E-state index contributed by atoms with van der Waals surface area (Å²) in [6.07, 6.45) is 1.83. The van der Waals surface area contributed by atoms with Gasteiger partial charge in [0.1, 0.15) is 17.8 Å². The Labute approximate surface area is 148 Å². The summed E-state index contributed by atoms with van der Waals surface area (Å²) in [7, 11) is 0. The first-order valence-electron chi connectivity index (χ1n) is 7.57. The van der Waals surface area contributed by atoms with Crippen LogP contribution >= 0.6 is 15.9 Å². The minimum atomic E-state index is -1.33. The molecule has 0 heterocycles. The molecule has 24 heavy (non-hydrogen) atoms. The van der Waals surface area contributed by atoms with Crippen LogP contribution in [0.15, 0.2) is 52.2 Å². The number of ether oxygens (including phenoxy) is 1. The van der Waals surface area contributed by atoms with Crippen LogP contribution < -0.4 is 0 Å². The molecule has 1 aromatic carbocycles. The first-order valence-corrected chi connectivity index (χ1v) is 8.36. The number of allylic oxidation sites excluding steroid dienone is 1. The van der Waals surface area contributed by atoms with Gasteiger partial charge >= 0.3 is 11.9 Å². The summed E-state index contributed by atoms with van der Waals surface area (Å²) < 4.78 is 6.12. The maximum Gasteiger partial charge on any atom is 0.335 e. The van der Waals surface area contributed by atoms with E-state index in [0.717, 1.165) is 5.56 Å². The number of halogens is 1. The second-order valence-corrected chi connectivity index (χ2v) is 6.67. The van der Waals surface area contributed by atoms with Crippen LogP contribution in [0.1, 0.15) is 25.8 Å². The van der Waals surface area contributed by atoms with E-state index in [-0.39, 0.29) is 17.9 Å². The van der Waals surface area contributed by atoms with Crippen molar-refractivity contribution in [2.75, 3.05) is 0 Å². The summed E-state index contributed by atoms with van der Waals surface area (Å²) in [6.45, 7) is 3.51. The molecule has 1 aromatic rings. The van der Waals surface area contributed by atoms with Gasteiger partial charge in [-0.3, -0.25) is 4.79 Å². The van der Waals surface area contributed by atoms with E-state index in [9.17, 15) is 19.8 Å². The van der Waals surface area contributed by atoms with Crippen molar-refractivity contribution < 1.29 is 24.5 Å². The van der Waals surface area contributed by atoms with Crippen molar-refractivity contribution in [3.63, 3.8) is 0 Å². The lowest BCUT2D eigenvalue weighted by molar-refractivity contribution is -0.148. The van der Waals surface area contributed by atoms with Crippen molar-refractivity contribution in [1.29, 1.82) is 0 Å². The first-order chi connectivity index (χ1) is 11.3. The summed E-state index contributed by atoms with van der Waals surface area (Å²) in [5.74, 6) is -2.73. The van der Waals surface area contributed by atoms with Crippen molar-refractivity contribution in [1.82, 2.24) is 0 Å². The number of hydrogen-bond acceptors (Lipinski definition) is 3. The number of rotatable bonds is 6. The van der Waals surface area contributed by atoms with Gasteiger partial charge in [-0.15, -0.1) is 0 Å². The third-order valence-corrected chi connectivity index (χ3v) is 5.44. The van der Waals surface area contributed by atoms with Gasteiger partial charge in [0.25, 0.3) is 0 Å². The zero-order valence-electron chi connectivity index (χ0n) is 13.5. The maximum atomic E-state index is 11.8. The normalized spacial score (nSPS) is 23.6. The molecule has 2 unspecified atom stereocenters. The largest absolute Gasteiger partial charge is 0.488 e. The first kappa shape index (κ1) is 18.3. The maximum absolute atomic E-state index is 11.8. The highest BCUT2D eigenvalue weighted by molar-refractivity contribution is 9.11. The summed E-state index contributed by atoms with van der Waals surface area (Å²) >= 11 is 3.31. The predicted octanol–water partition coefficient (Wildman–Crippen LogP) is 3.95. The molecule has 0 radical (unpaired) electrons. The van der Waals surface area contributed by atoms with E-state index < -0.39 is 23.3 Å². The van der Waals surface area contributed by atoms with Gasteiger partial charge in [-0.05, 0) is 25.0 Å². The van der Waals surface area contributed by atoms with E-state index in [1.165, 1.54) is 13.0 Å². The standard InChI is InChI=1S/C18H19BrO5/c1-3-12-15(16(20)21)13(9-14(19)18(12,2)17(22)23)24-10-11-7-5-4-6-8-11/h4-9,12H,3,10H2,1-2H3,(H,20,21)(H,22,23). The fourth-order valence-corrected chi connectivity index (χ4v) is 3.60. The molecule has 0 spiro atoms. The van der Waals surface area contributed by atoms with E-state index in [0.29, 0.717) is 10.9 Å². The van der Waals surface area contributed by atoms with E-state index in [4.69, 9.17) is 4.74 Å². The molecule has 0 aliphatic heterocycles. The van der Waals surface area contributed by atoms with Crippen molar-refractivity contribution in [3.05, 3.63) is 57.8 Å². The Morgan fingerprint density at radius 3 is 2.38 bits per heavy atom. The number of hydrogen-bond donors (Lipinski definition) is 2. The van der Waals surface area contributed by atoms with Crippen LogP contribution in [0.4, 0.5) is 0 Å². The van der Waals surface area contributed by atoms with Gasteiger partial charge < -0.3 is 14.9 Å². The Hall–Kier alpha value is -2.08. The van der Waals surface area contributed by atoms with Gasteiger partial charge in [0, 0.05) is 10.4 Å². The number of carboxylic acids is 2. The third-order valence-electron chi connectivity index (χ3n) is 4.38. The summed E-state index contributed by atoms with van der Waals surface area (Å²) in [6, 6.07) is 9.37. The van der Waals surface area contributed by atoms with Crippen LogP contribution in [0.5, 0.6) is 0 Å². The molecule has 2 atom stereocenters. The smallest absolute Gasteiger partial charge is 0.335 e. The van der Waals surface area contributed by atoms with Crippen molar-refractivity contribution in [2.45, 2.75) is 26.9 Å². The zero-order valence-corrected chi connectivity index (χ0v) is 15.0. The van der Waals surface area contributed by atoms with Crippen LogP contribution in [-0.2, 0) is 20.9 Å². The molecule has 1 aliphatic rings. The minimum Gasteiger partial charge on any atom is -0.488 e. The Bertz CT molecular complexity index is 707. The summed E-state index contributed by atoms with van der Waals surface area (Å²) in [5, 5.41) is 19.3. The number of aliphatic carboxylic acids is 2. The van der Waals surface area contributed by atoms with Gasteiger partial charge in [0.15, 0.2) is 0 Å². The molecule has 2 rings (SSSR count). The van der Waals surface area contributed by atoms with Gasteiger partial charge in [-0.25, -0.2) is 4.79 Å². The quantitative estimate of drug-likeness (QED) is 0.762. The molecule has 1 aliphatic carbocycles. The molecule has 0 amide bonds. The highest BCUT2D eigenvalue weighted by Gasteiger charge is 2.50. The van der Waals surface area contributed by atoms with Gasteiger partial charge in [0.05, 0.1) is 5.57 Å². The molecule has 0 saturated heterocycles. The van der Waals surface area contributed by atoms with E-state index >= 15 is 0 Å². The van der Waals surface area contributed by atoms with Crippen molar-refractivity contribution >= 4 is 27.9 Å². The number of benzene rings is 1. The predicted molar refractivity (Wildman–Crippen MR) is 92.4 cm³/mol. The topological polar surface area (TPSA) is 83.8 Å². The summed E-state index contributed by atoms with van der Waals surface area (Å²) in [4.78, 5) is 23.6. The van der Waals surface area contributed by atoms with Gasteiger partial charge in [0.2, 0.25) is 0 Å². The van der Waals surface area contributed by atoms with Crippen molar-refractivity contribution in [3.8, 4) is 0 Å². The molecule has 2 N–H and O–H groups in total. The second kappa shape index (κ2) is 7.21. The van der Waals surface area contributed by atoms with E-state index in [2.05, 4.69) is 15.9 Å². The van der Waals surface area contributed by atoms with E-state index in [1.807, 2.05) is 30.3 Å². The molecule has 0 fully saturated rings. The Balaban J connectivity index is 2.43. The zero-order chi connectivity index (χ0) is 17.9. The molecule has 0 bridgehead atoms. The van der Waals surface area contributed by atoms with Crippen molar-refractivity contribution in [2.24, 2.45) is 11.3 Å². The second-order valence-electron chi connectivity index (χ2n) is 5.82. The lowest BCUT2D eigenvalue weighted by Crippen LogP contribution is -2.41. The number of carbonyl (C=O) groups is 2. The summed E-state index contributed by atoms with van der Waals surface area (Å²) in [5.41, 5.74) is -0.428. The molecular formula is C18H19BrO5. The average Bonchev–Trinajstić information content (AvgIpc) is 2.55. The third kappa shape index (κ3) is 3.24. The lowest BCUT2D eigenvalue weighted by Gasteiger charge is -2.37. The van der Waals surface area contributed by atoms with Crippen LogP contribution in [-0.4, -0.2) is 22.2 Å². The minimum absolute atomic E-state index is 0.00142.